The van der Waals surface area contributed by atoms with Gasteiger partial charge in [-0.2, -0.15) is 5.10 Å². The Labute approximate surface area is 118 Å². The van der Waals surface area contributed by atoms with E-state index in [1.165, 1.54) is 0 Å². The van der Waals surface area contributed by atoms with Crippen molar-refractivity contribution in [2.75, 3.05) is 0 Å². The standard InChI is InChI=1S/C16H18N2O2/c1-16(2)13(14(16)15(19)20)12-9-11(17-18(12)3)10-7-5-4-6-8-10/h4-9,13-14H,1-3H3,(H,19,20)/t13-,14+/m1/s1. The maximum absolute atomic E-state index is 11.3. The van der Waals surface area contributed by atoms with Crippen molar-refractivity contribution >= 4 is 5.97 Å². The predicted octanol–water partition coefficient (Wildman–Crippen LogP) is 2.91. The lowest BCUT2D eigenvalue weighted by Gasteiger charge is -2.02. The van der Waals surface area contributed by atoms with Gasteiger partial charge >= 0.3 is 5.97 Å². The van der Waals surface area contributed by atoms with Gasteiger partial charge < -0.3 is 5.11 Å². The van der Waals surface area contributed by atoms with Crippen LogP contribution in [0.15, 0.2) is 36.4 Å². The lowest BCUT2D eigenvalue weighted by molar-refractivity contribution is -0.139. The molecule has 0 spiro atoms. The second-order valence-corrected chi connectivity index (χ2v) is 6.06. The number of carbonyl (C=O) groups is 1. The van der Waals surface area contributed by atoms with E-state index >= 15 is 0 Å². The number of hydrogen-bond acceptors (Lipinski definition) is 2. The third-order valence-electron chi connectivity index (χ3n) is 4.40. The summed E-state index contributed by atoms with van der Waals surface area (Å²) in [7, 11) is 1.88. The summed E-state index contributed by atoms with van der Waals surface area (Å²) < 4.78 is 1.82. The Bertz CT molecular complexity index is 658. The maximum Gasteiger partial charge on any atom is 0.307 e. The largest absolute Gasteiger partial charge is 0.481 e. The average molecular weight is 270 g/mol. The van der Waals surface area contributed by atoms with E-state index in [0.29, 0.717) is 0 Å². The first kappa shape index (κ1) is 12.9. The van der Waals surface area contributed by atoms with E-state index in [2.05, 4.69) is 5.10 Å². The molecule has 1 aliphatic rings. The van der Waals surface area contributed by atoms with Crippen molar-refractivity contribution in [2.24, 2.45) is 18.4 Å². The third kappa shape index (κ3) is 1.83. The number of nitrogens with zero attached hydrogens (tertiary/aromatic N) is 2. The molecule has 1 aromatic heterocycles. The molecule has 1 fully saturated rings. The first-order valence-corrected chi connectivity index (χ1v) is 6.75. The molecule has 2 atom stereocenters. The van der Waals surface area contributed by atoms with Gasteiger partial charge in [-0.3, -0.25) is 9.48 Å². The van der Waals surface area contributed by atoms with E-state index in [-0.39, 0.29) is 17.3 Å². The highest BCUT2D eigenvalue weighted by atomic mass is 16.4. The minimum atomic E-state index is -0.720. The number of hydrogen-bond donors (Lipinski definition) is 1. The molecule has 1 N–H and O–H groups in total. The Morgan fingerprint density at radius 2 is 1.95 bits per heavy atom. The van der Waals surface area contributed by atoms with Gasteiger partial charge in [0.1, 0.15) is 0 Å². The lowest BCUT2D eigenvalue weighted by atomic mass is 10.1. The zero-order chi connectivity index (χ0) is 14.5. The van der Waals surface area contributed by atoms with Crippen LogP contribution in [0.2, 0.25) is 0 Å². The van der Waals surface area contributed by atoms with Gasteiger partial charge in [0.2, 0.25) is 0 Å². The second-order valence-electron chi connectivity index (χ2n) is 6.06. The molecule has 1 saturated carbocycles. The first-order chi connectivity index (χ1) is 9.43. The molecule has 1 aromatic carbocycles. The van der Waals surface area contributed by atoms with Gasteiger partial charge in [0.05, 0.1) is 11.6 Å². The number of aliphatic carboxylic acids is 1. The fraction of sp³-hybridized carbons (Fsp3) is 0.375. The van der Waals surface area contributed by atoms with E-state index in [1.807, 2.05) is 62.0 Å². The van der Waals surface area contributed by atoms with Gasteiger partial charge in [0.25, 0.3) is 0 Å². The van der Waals surface area contributed by atoms with Crippen LogP contribution in [-0.2, 0) is 11.8 Å². The van der Waals surface area contributed by atoms with Crippen LogP contribution in [0.4, 0.5) is 0 Å². The molecular weight excluding hydrogens is 252 g/mol. The zero-order valence-electron chi connectivity index (χ0n) is 11.9. The highest BCUT2D eigenvalue weighted by Crippen LogP contribution is 2.64. The second kappa shape index (κ2) is 4.20. The Morgan fingerprint density at radius 3 is 2.50 bits per heavy atom. The van der Waals surface area contributed by atoms with Gasteiger partial charge in [-0.05, 0) is 11.5 Å². The summed E-state index contributed by atoms with van der Waals surface area (Å²) in [6.07, 6.45) is 0. The molecular formula is C16H18N2O2. The molecule has 0 aliphatic heterocycles. The van der Waals surface area contributed by atoms with Crippen LogP contribution < -0.4 is 0 Å². The van der Waals surface area contributed by atoms with Crippen LogP contribution in [0, 0.1) is 11.3 Å². The molecule has 0 bridgehead atoms. The number of carboxylic acids is 1. The Morgan fingerprint density at radius 1 is 1.30 bits per heavy atom. The van der Waals surface area contributed by atoms with Gasteiger partial charge in [0.15, 0.2) is 0 Å². The van der Waals surface area contributed by atoms with E-state index in [4.69, 9.17) is 0 Å². The molecule has 4 heteroatoms. The number of benzene rings is 1. The van der Waals surface area contributed by atoms with Crippen molar-refractivity contribution in [3.05, 3.63) is 42.1 Å². The minimum absolute atomic E-state index is 0.0370. The van der Waals surface area contributed by atoms with E-state index in [1.54, 1.807) is 0 Å². The van der Waals surface area contributed by atoms with E-state index in [0.717, 1.165) is 17.0 Å². The maximum atomic E-state index is 11.3. The van der Waals surface area contributed by atoms with Crippen LogP contribution in [0.3, 0.4) is 0 Å². The highest BCUT2D eigenvalue weighted by molar-refractivity contribution is 5.77. The molecule has 20 heavy (non-hydrogen) atoms. The Kier molecular flexibility index (Phi) is 2.71. The van der Waals surface area contributed by atoms with Crippen molar-refractivity contribution in [3.63, 3.8) is 0 Å². The van der Waals surface area contributed by atoms with Crippen LogP contribution >= 0.6 is 0 Å². The molecule has 0 radical (unpaired) electrons. The predicted molar refractivity (Wildman–Crippen MR) is 76.3 cm³/mol. The summed E-state index contributed by atoms with van der Waals surface area (Å²) >= 11 is 0. The number of carboxylic acid groups (broad SMARTS) is 1. The highest BCUT2D eigenvalue weighted by Gasteiger charge is 2.63. The Balaban J connectivity index is 1.98. The van der Waals surface area contributed by atoms with Crippen molar-refractivity contribution in [1.29, 1.82) is 0 Å². The molecule has 104 valence electrons. The zero-order valence-corrected chi connectivity index (χ0v) is 11.9. The molecule has 1 aliphatic carbocycles. The van der Waals surface area contributed by atoms with Crippen molar-refractivity contribution in [1.82, 2.24) is 9.78 Å². The van der Waals surface area contributed by atoms with Gasteiger partial charge in [0, 0.05) is 24.2 Å². The summed E-state index contributed by atoms with van der Waals surface area (Å²) in [6, 6.07) is 12.0. The monoisotopic (exact) mass is 270 g/mol. The number of rotatable bonds is 3. The third-order valence-corrected chi connectivity index (χ3v) is 4.40. The molecule has 1 heterocycles. The minimum Gasteiger partial charge on any atom is -0.481 e. The summed E-state index contributed by atoms with van der Waals surface area (Å²) in [4.78, 5) is 11.3. The van der Waals surface area contributed by atoms with E-state index < -0.39 is 5.97 Å². The summed E-state index contributed by atoms with van der Waals surface area (Å²) in [5, 5.41) is 13.8. The fourth-order valence-corrected chi connectivity index (χ4v) is 3.17. The van der Waals surface area contributed by atoms with Crippen molar-refractivity contribution < 1.29 is 9.90 Å². The molecule has 0 amide bonds. The fourth-order valence-electron chi connectivity index (χ4n) is 3.17. The van der Waals surface area contributed by atoms with Crippen molar-refractivity contribution in [3.8, 4) is 11.3 Å². The molecule has 3 rings (SSSR count). The normalized spacial score (nSPS) is 23.6. The quantitative estimate of drug-likeness (QED) is 0.933. The number of aryl methyl sites for hydroxylation is 1. The molecule has 0 unspecified atom stereocenters. The van der Waals surface area contributed by atoms with E-state index in [9.17, 15) is 9.90 Å². The Hall–Kier alpha value is -2.10. The van der Waals surface area contributed by atoms with Crippen LogP contribution in [0.5, 0.6) is 0 Å². The topological polar surface area (TPSA) is 55.1 Å². The van der Waals surface area contributed by atoms with Gasteiger partial charge in [-0.25, -0.2) is 0 Å². The summed E-state index contributed by atoms with van der Waals surface area (Å²) in [6.45, 7) is 4.01. The number of aromatic nitrogens is 2. The molecule has 4 nitrogen and oxygen atoms in total. The molecule has 2 aromatic rings. The lowest BCUT2D eigenvalue weighted by Crippen LogP contribution is -2.03. The summed E-state index contributed by atoms with van der Waals surface area (Å²) in [5.74, 6) is -1.00. The SMILES string of the molecule is Cn1nc(-c2ccccc2)cc1[C@@H]1[C@@H](C(=O)O)C1(C)C. The molecule has 0 saturated heterocycles. The smallest absolute Gasteiger partial charge is 0.307 e. The van der Waals surface area contributed by atoms with Gasteiger partial charge in [-0.1, -0.05) is 44.2 Å². The van der Waals surface area contributed by atoms with Crippen LogP contribution in [0.1, 0.15) is 25.5 Å². The van der Waals surface area contributed by atoms with Gasteiger partial charge in [-0.15, -0.1) is 0 Å². The van der Waals surface area contributed by atoms with Crippen LogP contribution in [0.25, 0.3) is 11.3 Å². The summed E-state index contributed by atoms with van der Waals surface area (Å²) in [5.41, 5.74) is 2.75. The van der Waals surface area contributed by atoms with Crippen molar-refractivity contribution in [2.45, 2.75) is 19.8 Å². The first-order valence-electron chi connectivity index (χ1n) is 6.75. The van der Waals surface area contributed by atoms with Crippen LogP contribution in [-0.4, -0.2) is 20.9 Å². The average Bonchev–Trinajstić information content (AvgIpc) is 2.77.